The van der Waals surface area contributed by atoms with Gasteiger partial charge in [-0.05, 0) is 134 Å². The van der Waals surface area contributed by atoms with Crippen LogP contribution in [-0.2, 0) is 79.5 Å². The number of carboxylic acids is 2. The number of nitrogens with zero attached hydrogens (tertiary/aromatic N) is 8. The topological polar surface area (TPSA) is 525 Å². The number of carbonyl (C=O) groups is 5. The van der Waals surface area contributed by atoms with Gasteiger partial charge in [0.15, 0.2) is 0 Å². The Hall–Kier alpha value is -10.7. The average molecular weight is 1900 g/mol. The Bertz CT molecular complexity index is 4510. The van der Waals surface area contributed by atoms with E-state index >= 15 is 0 Å². The molecule has 0 aromatic heterocycles. The third kappa shape index (κ3) is 50.3. The van der Waals surface area contributed by atoms with Crippen LogP contribution in [0, 0.1) is 60.7 Å². The summed E-state index contributed by atoms with van der Waals surface area (Å²) in [4.78, 5) is 118. The fourth-order valence-corrected chi connectivity index (χ4v) is 11.9. The molecule has 11 rings (SSSR count). The van der Waals surface area contributed by atoms with E-state index in [0.29, 0.717) is 23.1 Å². The van der Waals surface area contributed by atoms with Crippen molar-refractivity contribution in [3.8, 4) is 0 Å². The molecular weight excluding hydrogens is 1760 g/mol. The number of nitrogen functional groups attached to an aromatic ring is 1. The van der Waals surface area contributed by atoms with E-state index in [0.717, 1.165) is 161 Å². The van der Waals surface area contributed by atoms with Gasteiger partial charge in [-0.15, -0.1) is 12.4 Å². The standard InChI is InChI=1S/C15H22N2O3.C15H24N2O.C11H13NO4.C11H13NO3.C10H11NO4.C10H13NO3.C9H9NO4.C4H9NO.C4H8O.C2H4O2.CH4O.CH4.B.ClH.Na.H/c1-15(2,7-8-16-9-11-20-12-10-16)13-3-5-14(6-4-13)17(18)19;1-15(2,13-3-5-14(16)6-4-13)7-8-17-9-11-18-12-10-17;1-11(2,10(13)16-3)8-4-6-9(7-5-8)12(14)15;1-11(2,7-8-13)9-3-5-10(6-4-9)12(14)15;1-7(10(12)15-2)8-3-5-9(6-4-8)11(13)14;1-10(2,7-12)8-3-5-9(6-4-8)11(13)14;1-6(9(11)12)7-2-4-8(5-3-7)10(13)14;1-3-6-4-2-5-1;1-2-4-5-3-1;1-2(3)4;1-2;;;;;/h3-6H,7-12H2,1-2H3;3-6H,7-12,16H2,1-2H3;4-7H,1-3H3;3-6,8H,7H2,1-2H3;3-7H,1-2H3;3-6,12H,7H2,1-2H3;2-6H,1H3,(H,11,12);5H,1-4H2;1-4H2;1H3,(H,3,4);2H,1H3;1H4;;1H;;/q;;;;;;;;;;;;;;+1;-1. The van der Waals surface area contributed by atoms with E-state index in [1.807, 2.05) is 52.0 Å². The Morgan fingerprint density at radius 2 is 0.722 bits per heavy atom. The number of esters is 2. The number of methoxy groups -OCH3 is 2. The first-order chi connectivity index (χ1) is 60.7. The number of carbonyl (C=O) groups excluding carboxylic acids is 3. The molecule has 0 amide bonds. The normalized spacial score (nSPS) is 13.6. The van der Waals surface area contributed by atoms with Gasteiger partial charge in [-0.3, -0.25) is 89.7 Å². The maximum Gasteiger partial charge on any atom is 1.00 e. The molecule has 4 fully saturated rings. The maximum absolute atomic E-state index is 11.5. The predicted molar refractivity (Wildman–Crippen MR) is 511 cm³/mol. The number of nitrogens with two attached hydrogens (primary N) is 1. The SMILES string of the molecule is C.C1CCOC1.C1COCCN1.CC(=O)O.CC(C(=O)O)c1ccc([N+](=O)[O-])cc1.CC(C)(CC=O)c1ccc([N+](=O)[O-])cc1.CC(C)(CCN1CCOCC1)c1ccc(N)cc1.CC(C)(CCN1CCOCC1)c1ccc([N+](=O)[O-])cc1.CC(C)(CO)c1ccc([N+](=O)[O-])cc1.CO.COC(=O)C(C)(C)c1ccc([N+](=O)[O-])cc1.COC(=O)C(C)c1ccc([N+](=O)[O-])cc1.Cl.[B].[H-].[Na+]. The Morgan fingerprint density at radius 3 is 0.962 bits per heavy atom. The van der Waals surface area contributed by atoms with Crippen LogP contribution in [-0.4, -0.2) is 231 Å². The number of nitrogens with one attached hydrogen (secondary N) is 1. The Labute approximate surface area is 811 Å². The van der Waals surface area contributed by atoms with Gasteiger partial charge in [0, 0.05) is 165 Å². The van der Waals surface area contributed by atoms with Crippen LogP contribution in [0.3, 0.4) is 0 Å². The molecule has 40 heteroatoms. The number of aliphatic hydroxyl groups excluding tert-OH is 2. The summed E-state index contributed by atoms with van der Waals surface area (Å²) in [5.74, 6) is -3.56. The Morgan fingerprint density at radius 1 is 0.459 bits per heavy atom. The van der Waals surface area contributed by atoms with Crippen LogP contribution in [0.25, 0.3) is 0 Å². The van der Waals surface area contributed by atoms with Crippen molar-refractivity contribution in [1.82, 2.24) is 15.1 Å². The summed E-state index contributed by atoms with van der Waals surface area (Å²) in [7, 11) is 3.62. The zero-order chi connectivity index (χ0) is 97.7. The number of non-ortho nitro benzene ring substituents is 6. The predicted octanol–water partition coefficient (Wildman–Crippen LogP) is 12.8. The molecule has 0 aliphatic carbocycles. The van der Waals surface area contributed by atoms with Crippen LogP contribution >= 0.6 is 12.4 Å². The van der Waals surface area contributed by atoms with Crippen LogP contribution < -0.4 is 40.6 Å². The number of nitro benzene ring substituents is 6. The van der Waals surface area contributed by atoms with Gasteiger partial charge in [0.1, 0.15) is 6.29 Å². The fourth-order valence-electron chi connectivity index (χ4n) is 11.9. The second-order valence-corrected chi connectivity index (χ2v) is 32.6. The average Bonchev–Trinajstić information content (AvgIpc) is 0.821. The monoisotopic (exact) mass is 1890 g/mol. The fraction of sp³-hybridized carbons (Fsp3) is 0.495. The molecule has 0 bridgehead atoms. The molecule has 7 aromatic carbocycles. The summed E-state index contributed by atoms with van der Waals surface area (Å²) in [6.45, 7) is 39.9. The second kappa shape index (κ2) is 67.5. The summed E-state index contributed by atoms with van der Waals surface area (Å²) in [6.07, 6.45) is 6.02. The Balaban J connectivity index is -0.000000467. The molecular formula is C93H136BClN10NaO27. The van der Waals surface area contributed by atoms with Crippen LogP contribution in [0.1, 0.15) is 182 Å². The van der Waals surface area contributed by atoms with Gasteiger partial charge >= 0.3 is 47.5 Å². The molecule has 0 saturated carbocycles. The molecule has 4 aliphatic rings. The van der Waals surface area contributed by atoms with Crippen LogP contribution in [0.2, 0.25) is 0 Å². The number of hydrogen-bond donors (Lipinski definition) is 6. The third-order valence-corrected chi connectivity index (χ3v) is 20.9. The molecule has 4 aliphatic heterocycles. The molecule has 133 heavy (non-hydrogen) atoms. The number of aliphatic carboxylic acids is 2. The minimum Gasteiger partial charge on any atom is -1.00 e. The van der Waals surface area contributed by atoms with Crippen molar-refractivity contribution in [2.24, 2.45) is 0 Å². The third-order valence-electron chi connectivity index (χ3n) is 20.9. The van der Waals surface area contributed by atoms with Crippen LogP contribution in [0.4, 0.5) is 39.8 Å². The molecule has 7 aromatic rings. The number of anilines is 1. The van der Waals surface area contributed by atoms with Gasteiger partial charge in [-0.1, -0.05) is 148 Å². The zero-order valence-corrected chi connectivity index (χ0v) is 81.6. The molecule has 37 nitrogen and oxygen atoms in total. The molecule has 0 spiro atoms. The first-order valence-electron chi connectivity index (χ1n) is 41.6. The van der Waals surface area contributed by atoms with Gasteiger partial charge < -0.3 is 66.1 Å². The van der Waals surface area contributed by atoms with Gasteiger partial charge in [-0.25, -0.2) is 0 Å². The molecule has 2 atom stereocenters. The molecule has 731 valence electrons. The summed E-state index contributed by atoms with van der Waals surface area (Å²) < 4.78 is 29.9. The van der Waals surface area contributed by atoms with Crippen molar-refractivity contribution in [3.63, 3.8) is 0 Å². The van der Waals surface area contributed by atoms with E-state index < -0.39 is 53.8 Å². The van der Waals surface area contributed by atoms with Crippen LogP contribution in [0.15, 0.2) is 170 Å². The Kier molecular flexibility index (Phi) is 65.2. The molecule has 7 N–H and O–H groups in total. The van der Waals surface area contributed by atoms with E-state index in [4.69, 9.17) is 49.9 Å². The van der Waals surface area contributed by atoms with Gasteiger partial charge in [0.05, 0.1) is 107 Å². The minimum absolute atomic E-state index is 0. The largest absolute Gasteiger partial charge is 1.00 e. The number of rotatable bonds is 25. The number of halogens is 1. The molecule has 2 unspecified atom stereocenters. The molecule has 4 saturated heterocycles. The number of benzene rings is 7. The zero-order valence-electron chi connectivity index (χ0n) is 79.8. The quantitative estimate of drug-likeness (QED) is 0.00773. The van der Waals surface area contributed by atoms with Crippen LogP contribution in [0.5, 0.6) is 0 Å². The number of hydrogen-bond acceptors (Lipinski definition) is 29. The van der Waals surface area contributed by atoms with E-state index in [1.165, 1.54) is 112 Å². The first-order valence-corrected chi connectivity index (χ1v) is 41.6. The minimum atomic E-state index is -0.946. The summed E-state index contributed by atoms with van der Waals surface area (Å²) in [6, 6.07) is 45.0. The first kappa shape index (κ1) is 129. The molecule has 4 heterocycles. The number of ether oxygens (including phenoxy) is 6. The van der Waals surface area contributed by atoms with E-state index in [-0.39, 0.29) is 138 Å². The van der Waals surface area contributed by atoms with Crippen molar-refractivity contribution >= 4 is 90.8 Å². The van der Waals surface area contributed by atoms with Gasteiger partial charge in [-0.2, -0.15) is 0 Å². The van der Waals surface area contributed by atoms with Crippen molar-refractivity contribution < 1.29 is 133 Å². The number of morpholine rings is 3. The van der Waals surface area contributed by atoms with Gasteiger partial charge in [0.25, 0.3) is 40.1 Å². The van der Waals surface area contributed by atoms with E-state index in [2.05, 4.69) is 64.4 Å². The summed E-state index contributed by atoms with van der Waals surface area (Å²) in [5, 5.41) is 98.0. The van der Waals surface area contributed by atoms with Crippen molar-refractivity contribution in [3.05, 3.63) is 269 Å². The molecule has 3 radical (unpaired) electrons. The summed E-state index contributed by atoms with van der Waals surface area (Å²) >= 11 is 0. The second-order valence-electron chi connectivity index (χ2n) is 32.6. The number of aldehydes is 1. The maximum atomic E-state index is 11.5. The number of aliphatic hydroxyl groups is 2. The van der Waals surface area contributed by atoms with Gasteiger partial charge in [0.2, 0.25) is 0 Å². The van der Waals surface area contributed by atoms with Crippen molar-refractivity contribution in [1.29, 1.82) is 0 Å². The van der Waals surface area contributed by atoms with Crippen molar-refractivity contribution in [2.45, 2.75) is 168 Å². The van der Waals surface area contributed by atoms with E-state index in [9.17, 15) is 79.9 Å². The summed E-state index contributed by atoms with van der Waals surface area (Å²) in [5.41, 5.74) is 11.9. The van der Waals surface area contributed by atoms with E-state index in [1.54, 1.807) is 81.4 Å². The smallest absolute Gasteiger partial charge is 1.00 e. The van der Waals surface area contributed by atoms with Crippen molar-refractivity contribution in [2.75, 3.05) is 139 Å². The number of nitro groups is 6. The number of carboxylic acid groups (broad SMARTS) is 2.